The highest BCUT2D eigenvalue weighted by molar-refractivity contribution is 7.25. The van der Waals surface area contributed by atoms with Gasteiger partial charge in [0.15, 0.2) is 17.5 Å². The molecule has 268 valence electrons. The molecular formula is C50H31N5S2. The molecule has 0 saturated carbocycles. The standard InChI is InChI=1S/C50H31N5S2/c1-3-11-30(12-4-1)32-19-21-36-35-15-7-9-17-42(35)55(43(36)26-32)34-27-40-38-23-24-51-29-46(38)57-47(40)41(28-34)50-53-48(31-13-5-2-6-14-31)52-49(54-50)33-20-22-45-39(25-33)37-16-8-10-18-44(37)56-45/h1-23,25-29,51H,24H2. The summed E-state index contributed by atoms with van der Waals surface area (Å²) in [4.78, 5) is 15.8. The molecule has 1 aliphatic heterocycles. The van der Waals surface area contributed by atoms with Gasteiger partial charge in [-0.1, -0.05) is 115 Å². The van der Waals surface area contributed by atoms with Crippen molar-refractivity contribution < 1.29 is 0 Å². The van der Waals surface area contributed by atoms with Crippen LogP contribution in [0.25, 0.3) is 115 Å². The highest BCUT2D eigenvalue weighted by atomic mass is 32.1. The summed E-state index contributed by atoms with van der Waals surface area (Å²) < 4.78 is 7.30. The monoisotopic (exact) mass is 765 g/mol. The second-order valence-corrected chi connectivity index (χ2v) is 16.6. The number of hydrogen-bond acceptors (Lipinski definition) is 6. The van der Waals surface area contributed by atoms with Crippen LogP contribution in [0.4, 0.5) is 0 Å². The number of fused-ring (bicyclic) bond motifs is 9. The van der Waals surface area contributed by atoms with Crippen LogP contribution in [0.5, 0.6) is 0 Å². The molecule has 0 fully saturated rings. The number of benzene rings is 7. The smallest absolute Gasteiger partial charge is 0.165 e. The van der Waals surface area contributed by atoms with Crippen molar-refractivity contribution in [3.63, 3.8) is 0 Å². The van der Waals surface area contributed by atoms with Crippen molar-refractivity contribution in [2.45, 2.75) is 0 Å². The zero-order chi connectivity index (χ0) is 37.5. The summed E-state index contributed by atoms with van der Waals surface area (Å²) in [6.45, 7) is 0.780. The van der Waals surface area contributed by atoms with Crippen molar-refractivity contribution in [3.8, 4) is 51.0 Å². The van der Waals surface area contributed by atoms with E-state index >= 15 is 0 Å². The second-order valence-electron chi connectivity index (χ2n) is 14.4. The molecule has 0 saturated heterocycles. The molecule has 0 unspecified atom stereocenters. The SMILES string of the molecule is C1=c2sc3c(-c4nc(-c5ccccc5)nc(-c5ccc6sc7ccccc7c6c5)n4)cc(-n4c5ccccc5c5ccc(-c6ccccc6)cc54)cc3c2=CCN1. The number of thiophene rings is 2. The van der Waals surface area contributed by atoms with E-state index in [0.29, 0.717) is 17.5 Å². The zero-order valence-electron chi connectivity index (χ0n) is 30.5. The molecule has 0 bridgehead atoms. The minimum atomic E-state index is 0.648. The Morgan fingerprint density at radius 3 is 2.02 bits per heavy atom. The Morgan fingerprint density at radius 1 is 0.474 bits per heavy atom. The van der Waals surface area contributed by atoms with E-state index in [-0.39, 0.29) is 0 Å². The van der Waals surface area contributed by atoms with Gasteiger partial charge >= 0.3 is 0 Å². The Morgan fingerprint density at radius 2 is 1.16 bits per heavy atom. The van der Waals surface area contributed by atoms with Crippen molar-refractivity contribution in [1.29, 1.82) is 0 Å². The predicted octanol–water partition coefficient (Wildman–Crippen LogP) is 11.3. The molecule has 12 rings (SSSR count). The molecule has 1 N–H and O–H groups in total. The summed E-state index contributed by atoms with van der Waals surface area (Å²) in [6, 6.07) is 56.3. The average Bonchev–Trinajstić information content (AvgIpc) is 3.95. The van der Waals surface area contributed by atoms with Crippen LogP contribution in [0.15, 0.2) is 158 Å². The molecule has 5 heterocycles. The molecule has 7 aromatic carbocycles. The topological polar surface area (TPSA) is 55.6 Å². The summed E-state index contributed by atoms with van der Waals surface area (Å²) in [6.07, 6.45) is 4.44. The Kier molecular flexibility index (Phi) is 7.27. The normalized spacial score (nSPS) is 12.6. The second kappa shape index (κ2) is 12.8. The van der Waals surface area contributed by atoms with Crippen LogP contribution >= 0.6 is 22.7 Å². The summed E-state index contributed by atoms with van der Waals surface area (Å²) >= 11 is 3.60. The number of nitrogens with one attached hydrogen (secondary N) is 1. The molecule has 4 aromatic heterocycles. The number of rotatable bonds is 5. The maximum Gasteiger partial charge on any atom is 0.165 e. The van der Waals surface area contributed by atoms with E-state index in [4.69, 9.17) is 15.0 Å². The molecule has 11 aromatic rings. The highest BCUT2D eigenvalue weighted by Crippen LogP contribution is 2.40. The first-order chi connectivity index (χ1) is 28.2. The van der Waals surface area contributed by atoms with Crippen molar-refractivity contribution in [2.24, 2.45) is 0 Å². The Bertz CT molecular complexity index is 3530. The minimum Gasteiger partial charge on any atom is -0.386 e. The fraction of sp³-hybridized carbons (Fsp3) is 0.0200. The summed E-state index contributed by atoms with van der Waals surface area (Å²) in [5.41, 5.74) is 8.64. The molecule has 0 radical (unpaired) electrons. The summed E-state index contributed by atoms with van der Waals surface area (Å²) in [5, 5.41) is 10.8. The van der Waals surface area contributed by atoms with Gasteiger partial charge in [0.05, 0.1) is 15.6 Å². The predicted molar refractivity (Wildman–Crippen MR) is 240 cm³/mol. The Hall–Kier alpha value is -6.93. The third kappa shape index (κ3) is 5.24. The molecule has 0 spiro atoms. The fourth-order valence-electron chi connectivity index (χ4n) is 8.41. The first-order valence-corrected chi connectivity index (χ1v) is 20.7. The highest BCUT2D eigenvalue weighted by Gasteiger charge is 2.21. The third-order valence-electron chi connectivity index (χ3n) is 11.1. The summed E-state index contributed by atoms with van der Waals surface area (Å²) in [5.74, 6) is 1.95. The van der Waals surface area contributed by atoms with Gasteiger partial charge in [0.25, 0.3) is 0 Å². The van der Waals surface area contributed by atoms with Crippen LogP contribution in [-0.4, -0.2) is 26.1 Å². The first-order valence-electron chi connectivity index (χ1n) is 19.1. The van der Waals surface area contributed by atoms with Crippen LogP contribution in [0.1, 0.15) is 0 Å². The van der Waals surface area contributed by atoms with Crippen molar-refractivity contribution >= 4 is 87.0 Å². The number of hydrogen-bond donors (Lipinski definition) is 1. The quantitative estimate of drug-likeness (QED) is 0.190. The van der Waals surface area contributed by atoms with E-state index in [9.17, 15) is 0 Å². The molecule has 7 heteroatoms. The van der Waals surface area contributed by atoms with Crippen molar-refractivity contribution in [2.75, 3.05) is 6.54 Å². The lowest BCUT2D eigenvalue weighted by atomic mass is 10.0. The van der Waals surface area contributed by atoms with Crippen molar-refractivity contribution in [3.05, 3.63) is 167 Å². The van der Waals surface area contributed by atoms with Gasteiger partial charge in [-0.15, -0.1) is 22.7 Å². The largest absolute Gasteiger partial charge is 0.386 e. The zero-order valence-corrected chi connectivity index (χ0v) is 32.1. The van der Waals surface area contributed by atoms with Gasteiger partial charge in [-0.25, -0.2) is 15.0 Å². The maximum atomic E-state index is 5.37. The first kappa shape index (κ1) is 32.3. The van der Waals surface area contributed by atoms with Crippen LogP contribution in [-0.2, 0) is 0 Å². The van der Waals surface area contributed by atoms with Crippen LogP contribution in [0, 0.1) is 0 Å². The third-order valence-corrected chi connectivity index (χ3v) is 13.4. The Labute approximate surface area is 335 Å². The molecule has 57 heavy (non-hydrogen) atoms. The molecule has 0 aliphatic carbocycles. The van der Waals surface area contributed by atoms with Crippen molar-refractivity contribution in [1.82, 2.24) is 24.8 Å². The lowest BCUT2D eigenvalue weighted by Crippen LogP contribution is -2.28. The van der Waals surface area contributed by atoms with Gasteiger partial charge in [-0.05, 0) is 64.9 Å². The van der Waals surface area contributed by atoms with Crippen LogP contribution in [0.2, 0.25) is 0 Å². The van der Waals surface area contributed by atoms with Gasteiger partial charge in [-0.2, -0.15) is 0 Å². The van der Waals surface area contributed by atoms with E-state index in [0.717, 1.165) is 44.7 Å². The van der Waals surface area contributed by atoms with Gasteiger partial charge < -0.3 is 9.88 Å². The molecule has 0 atom stereocenters. The van der Waals surface area contributed by atoms with Gasteiger partial charge in [0, 0.05) is 76.2 Å². The fourth-order valence-corrected chi connectivity index (χ4v) is 10.7. The molecular weight excluding hydrogens is 735 g/mol. The average molecular weight is 766 g/mol. The number of para-hydroxylation sites is 1. The van der Waals surface area contributed by atoms with E-state index < -0.39 is 0 Å². The van der Waals surface area contributed by atoms with E-state index in [2.05, 4.69) is 162 Å². The maximum absolute atomic E-state index is 5.37. The van der Waals surface area contributed by atoms with E-state index in [1.54, 1.807) is 11.3 Å². The number of aromatic nitrogens is 4. The summed E-state index contributed by atoms with van der Waals surface area (Å²) in [7, 11) is 0. The lowest BCUT2D eigenvalue weighted by molar-refractivity contribution is 1.06. The number of nitrogens with zero attached hydrogens (tertiary/aromatic N) is 4. The van der Waals surface area contributed by atoms with E-state index in [1.165, 1.54) is 57.2 Å². The van der Waals surface area contributed by atoms with Gasteiger partial charge in [0.2, 0.25) is 0 Å². The van der Waals surface area contributed by atoms with E-state index in [1.807, 2.05) is 29.5 Å². The Balaban J connectivity index is 1.15. The molecule has 5 nitrogen and oxygen atoms in total. The van der Waals surface area contributed by atoms with Crippen LogP contribution in [0.3, 0.4) is 0 Å². The van der Waals surface area contributed by atoms with Gasteiger partial charge in [-0.3, -0.25) is 0 Å². The minimum absolute atomic E-state index is 0.648. The van der Waals surface area contributed by atoms with Crippen LogP contribution < -0.4 is 15.1 Å². The van der Waals surface area contributed by atoms with Gasteiger partial charge in [0.1, 0.15) is 0 Å². The lowest BCUT2D eigenvalue weighted by Gasteiger charge is -2.13. The molecule has 0 amide bonds. The molecule has 1 aliphatic rings.